The number of anilines is 1. The highest BCUT2D eigenvalue weighted by atomic mass is 79.9. The Hall–Kier alpha value is -1.74. The largest absolute Gasteiger partial charge is 0.358 e. The van der Waals surface area contributed by atoms with Gasteiger partial charge in [-0.15, -0.1) is 17.0 Å². The van der Waals surface area contributed by atoms with Crippen LogP contribution >= 0.6 is 17.0 Å². The SMILES string of the molecule is Br.CCCCCCCCCCCCN1C=CN(c2ccc3c(c2)Cc2ccccc2-3)C1. The molecular weight excluding hydrogens is 444 g/mol. The lowest BCUT2D eigenvalue weighted by Gasteiger charge is -2.22. The van der Waals surface area contributed by atoms with Crippen LogP contribution in [-0.4, -0.2) is 18.1 Å². The van der Waals surface area contributed by atoms with Crippen molar-refractivity contribution < 1.29 is 0 Å². The summed E-state index contributed by atoms with van der Waals surface area (Å²) in [5, 5.41) is 0. The van der Waals surface area contributed by atoms with Crippen LogP contribution in [0.25, 0.3) is 11.1 Å². The normalized spacial score (nSPS) is 14.0. The molecule has 1 aliphatic heterocycles. The zero-order valence-electron chi connectivity index (χ0n) is 19.2. The summed E-state index contributed by atoms with van der Waals surface area (Å²) in [5.41, 5.74) is 7.08. The van der Waals surface area contributed by atoms with Crippen molar-refractivity contribution in [3.05, 3.63) is 66.0 Å². The third-order valence-electron chi connectivity index (χ3n) is 6.70. The van der Waals surface area contributed by atoms with Crippen LogP contribution in [0.1, 0.15) is 82.3 Å². The second kappa shape index (κ2) is 12.3. The topological polar surface area (TPSA) is 6.48 Å². The van der Waals surface area contributed by atoms with Gasteiger partial charge < -0.3 is 9.80 Å². The molecule has 168 valence electrons. The van der Waals surface area contributed by atoms with Gasteiger partial charge in [0, 0.05) is 24.6 Å². The third-order valence-corrected chi connectivity index (χ3v) is 6.70. The van der Waals surface area contributed by atoms with E-state index in [2.05, 4.69) is 71.6 Å². The Bertz CT molecular complexity index is 845. The van der Waals surface area contributed by atoms with Crippen molar-refractivity contribution in [2.75, 3.05) is 18.1 Å². The summed E-state index contributed by atoms with van der Waals surface area (Å²) >= 11 is 0. The highest BCUT2D eigenvalue weighted by Crippen LogP contribution is 2.38. The molecule has 0 atom stereocenters. The molecule has 4 rings (SSSR count). The Balaban J connectivity index is 0.00000272. The Morgan fingerprint density at radius 3 is 2.16 bits per heavy atom. The molecule has 0 saturated carbocycles. The molecule has 0 unspecified atom stereocenters. The Morgan fingerprint density at radius 2 is 1.39 bits per heavy atom. The minimum atomic E-state index is 0. The molecule has 1 heterocycles. The smallest absolute Gasteiger partial charge is 0.0941 e. The number of fused-ring (bicyclic) bond motifs is 3. The van der Waals surface area contributed by atoms with Crippen molar-refractivity contribution in [1.29, 1.82) is 0 Å². The monoisotopic (exact) mass is 482 g/mol. The molecule has 1 aliphatic carbocycles. The number of unbranched alkanes of at least 4 members (excludes halogenated alkanes) is 9. The minimum Gasteiger partial charge on any atom is -0.358 e. The fraction of sp³-hybridized carbons (Fsp3) is 0.500. The fourth-order valence-corrected chi connectivity index (χ4v) is 4.89. The van der Waals surface area contributed by atoms with E-state index in [0.717, 1.165) is 13.1 Å². The van der Waals surface area contributed by atoms with Crippen LogP contribution < -0.4 is 4.90 Å². The number of hydrogen-bond acceptors (Lipinski definition) is 2. The van der Waals surface area contributed by atoms with Gasteiger partial charge in [0.2, 0.25) is 0 Å². The molecule has 0 N–H and O–H groups in total. The summed E-state index contributed by atoms with van der Waals surface area (Å²) in [5.74, 6) is 0. The molecule has 0 spiro atoms. The van der Waals surface area contributed by atoms with Crippen molar-refractivity contribution in [3.63, 3.8) is 0 Å². The van der Waals surface area contributed by atoms with E-state index in [1.807, 2.05) is 0 Å². The van der Waals surface area contributed by atoms with Crippen LogP contribution in [0.15, 0.2) is 54.9 Å². The second-order valence-electron chi connectivity index (χ2n) is 9.08. The number of rotatable bonds is 12. The van der Waals surface area contributed by atoms with Crippen LogP contribution in [0.5, 0.6) is 0 Å². The van der Waals surface area contributed by atoms with Crippen LogP contribution in [0, 0.1) is 0 Å². The molecule has 2 aromatic carbocycles. The predicted octanol–water partition coefficient (Wildman–Crippen LogP) is 8.31. The first-order chi connectivity index (χ1) is 14.8. The predicted molar refractivity (Wildman–Crippen MR) is 140 cm³/mol. The van der Waals surface area contributed by atoms with Crippen LogP contribution in [0.2, 0.25) is 0 Å². The molecule has 0 fully saturated rings. The highest BCUT2D eigenvalue weighted by Gasteiger charge is 2.20. The molecule has 2 aromatic rings. The number of nitrogens with zero attached hydrogens (tertiary/aromatic N) is 2. The van der Waals surface area contributed by atoms with Gasteiger partial charge >= 0.3 is 0 Å². The van der Waals surface area contributed by atoms with E-state index in [1.54, 1.807) is 0 Å². The van der Waals surface area contributed by atoms with Crippen molar-refractivity contribution in [2.45, 2.75) is 77.6 Å². The summed E-state index contributed by atoms with van der Waals surface area (Å²) in [4.78, 5) is 4.85. The molecule has 31 heavy (non-hydrogen) atoms. The first-order valence-electron chi connectivity index (χ1n) is 12.3. The summed E-state index contributed by atoms with van der Waals surface area (Å²) in [6.45, 7) is 4.46. The zero-order chi connectivity index (χ0) is 20.6. The number of hydrogen-bond donors (Lipinski definition) is 0. The van der Waals surface area contributed by atoms with E-state index < -0.39 is 0 Å². The maximum Gasteiger partial charge on any atom is 0.0941 e. The lowest BCUT2D eigenvalue weighted by molar-refractivity contribution is 0.388. The quantitative estimate of drug-likeness (QED) is 0.239. The van der Waals surface area contributed by atoms with Crippen LogP contribution in [-0.2, 0) is 6.42 Å². The Kier molecular flexibility index (Phi) is 9.52. The molecule has 3 heteroatoms. The Labute approximate surface area is 200 Å². The van der Waals surface area contributed by atoms with E-state index in [4.69, 9.17) is 0 Å². The standard InChI is InChI=1S/C28H38N2.BrH/c1-2-3-4-5-6-7-8-9-10-13-18-29-19-20-30(23-29)26-16-17-28-25(22-26)21-24-14-11-12-15-27(24)28;/h11-12,14-17,19-20,22H,2-10,13,18,21,23H2,1H3;1H. The van der Waals surface area contributed by atoms with Gasteiger partial charge in [-0.05, 0) is 47.2 Å². The van der Waals surface area contributed by atoms with E-state index in [9.17, 15) is 0 Å². The summed E-state index contributed by atoms with van der Waals surface area (Å²) < 4.78 is 0. The van der Waals surface area contributed by atoms with Crippen molar-refractivity contribution >= 4 is 22.7 Å². The van der Waals surface area contributed by atoms with Crippen molar-refractivity contribution in [2.24, 2.45) is 0 Å². The third kappa shape index (κ3) is 6.38. The van der Waals surface area contributed by atoms with Gasteiger partial charge in [-0.1, -0.05) is 95.0 Å². The van der Waals surface area contributed by atoms with Gasteiger partial charge in [-0.25, -0.2) is 0 Å². The lowest BCUT2D eigenvalue weighted by atomic mass is 10.1. The van der Waals surface area contributed by atoms with Crippen molar-refractivity contribution in [1.82, 2.24) is 4.90 Å². The van der Waals surface area contributed by atoms with E-state index >= 15 is 0 Å². The minimum absolute atomic E-state index is 0. The van der Waals surface area contributed by atoms with E-state index in [-0.39, 0.29) is 17.0 Å². The lowest BCUT2D eigenvalue weighted by Crippen LogP contribution is -2.25. The van der Waals surface area contributed by atoms with Gasteiger partial charge in [0.05, 0.1) is 6.67 Å². The van der Waals surface area contributed by atoms with E-state index in [1.165, 1.54) is 98.7 Å². The zero-order valence-corrected chi connectivity index (χ0v) is 20.9. The van der Waals surface area contributed by atoms with Gasteiger partial charge in [-0.2, -0.15) is 0 Å². The molecule has 0 saturated heterocycles. The van der Waals surface area contributed by atoms with Gasteiger partial charge in [0.15, 0.2) is 0 Å². The molecule has 0 amide bonds. The molecule has 2 nitrogen and oxygen atoms in total. The van der Waals surface area contributed by atoms with Gasteiger partial charge in [0.1, 0.15) is 0 Å². The average Bonchev–Trinajstić information content (AvgIpc) is 3.39. The Morgan fingerprint density at radius 1 is 0.710 bits per heavy atom. The number of halogens is 1. The fourth-order valence-electron chi connectivity index (χ4n) is 4.89. The number of benzene rings is 2. The van der Waals surface area contributed by atoms with Crippen molar-refractivity contribution in [3.8, 4) is 11.1 Å². The second-order valence-corrected chi connectivity index (χ2v) is 9.08. The first kappa shape index (κ1) is 23.9. The van der Waals surface area contributed by atoms with Gasteiger partial charge in [-0.3, -0.25) is 0 Å². The highest BCUT2D eigenvalue weighted by molar-refractivity contribution is 8.93. The molecule has 0 aromatic heterocycles. The van der Waals surface area contributed by atoms with Crippen LogP contribution in [0.4, 0.5) is 5.69 Å². The maximum absolute atomic E-state index is 2.47. The summed E-state index contributed by atoms with van der Waals surface area (Å²) in [6, 6.07) is 15.8. The first-order valence-corrected chi connectivity index (χ1v) is 12.3. The summed E-state index contributed by atoms with van der Waals surface area (Å²) in [6.07, 6.45) is 19.6. The maximum atomic E-state index is 2.47. The molecule has 2 aliphatic rings. The molecule has 0 radical (unpaired) electrons. The van der Waals surface area contributed by atoms with Crippen LogP contribution in [0.3, 0.4) is 0 Å². The summed E-state index contributed by atoms with van der Waals surface area (Å²) in [7, 11) is 0. The molecular formula is C28H39BrN2. The average molecular weight is 484 g/mol. The van der Waals surface area contributed by atoms with Gasteiger partial charge in [0.25, 0.3) is 0 Å². The van der Waals surface area contributed by atoms with E-state index in [0.29, 0.717) is 0 Å². The molecule has 0 bridgehead atoms.